The molecule has 1 amide bonds. The summed E-state index contributed by atoms with van der Waals surface area (Å²) in [5.41, 5.74) is 9.09. The van der Waals surface area contributed by atoms with Gasteiger partial charge in [-0.3, -0.25) is 9.79 Å². The van der Waals surface area contributed by atoms with Crippen molar-refractivity contribution in [2.75, 3.05) is 18.0 Å². The summed E-state index contributed by atoms with van der Waals surface area (Å²) in [6, 6.07) is 21.5. The number of aromatic carboxylic acids is 1. The van der Waals surface area contributed by atoms with E-state index in [1.807, 2.05) is 54.6 Å². The van der Waals surface area contributed by atoms with Crippen LogP contribution < -0.4 is 10.6 Å². The van der Waals surface area contributed by atoms with Crippen LogP contribution in [0.15, 0.2) is 77.8 Å². The van der Waals surface area contributed by atoms with E-state index < -0.39 is 12.0 Å². The molecule has 0 saturated heterocycles. The van der Waals surface area contributed by atoms with E-state index in [0.717, 1.165) is 21.9 Å². The van der Waals surface area contributed by atoms with Crippen molar-refractivity contribution in [3.8, 4) is 5.75 Å². The lowest BCUT2D eigenvalue weighted by atomic mass is 9.98. The number of aromatic nitrogens is 1. The van der Waals surface area contributed by atoms with Gasteiger partial charge in [-0.2, -0.15) is 0 Å². The zero-order valence-corrected chi connectivity index (χ0v) is 20.2. The highest BCUT2D eigenvalue weighted by Crippen LogP contribution is 2.33. The van der Waals surface area contributed by atoms with E-state index in [2.05, 4.69) is 4.98 Å². The SMILES string of the molecule is NCCC[C@@H]1N=C(c2cccc3ccccc23)c2[nH]c(C(=O)O)cc2N(CCc2ccc(O)cc2)C1=O. The topological polar surface area (TPSA) is 132 Å². The molecule has 5 N–H and O–H groups in total. The molecule has 0 radical (unpaired) electrons. The third-order valence-corrected chi connectivity index (χ3v) is 6.68. The van der Waals surface area contributed by atoms with E-state index in [0.29, 0.717) is 49.4 Å². The lowest BCUT2D eigenvalue weighted by Crippen LogP contribution is -2.39. The number of carbonyl (C=O) groups is 2. The summed E-state index contributed by atoms with van der Waals surface area (Å²) in [6.45, 7) is 0.760. The minimum absolute atomic E-state index is 0.0132. The van der Waals surface area contributed by atoms with Crippen molar-refractivity contribution in [2.24, 2.45) is 10.7 Å². The number of aromatic amines is 1. The lowest BCUT2D eigenvalue weighted by Gasteiger charge is -2.24. The molecule has 0 unspecified atom stereocenters. The van der Waals surface area contributed by atoms with Crippen molar-refractivity contribution in [3.63, 3.8) is 0 Å². The average Bonchev–Trinajstić information content (AvgIpc) is 3.31. The number of fused-ring (bicyclic) bond motifs is 2. The maximum absolute atomic E-state index is 13.9. The molecular formula is C29H28N4O4. The van der Waals surface area contributed by atoms with Crippen LogP contribution in [0, 0.1) is 0 Å². The Morgan fingerprint density at radius 2 is 1.81 bits per heavy atom. The zero-order valence-electron chi connectivity index (χ0n) is 20.2. The number of nitrogens with one attached hydrogen (secondary N) is 1. The predicted octanol–water partition coefficient (Wildman–Crippen LogP) is 4.11. The van der Waals surface area contributed by atoms with Crippen LogP contribution in [-0.2, 0) is 11.2 Å². The molecule has 0 saturated carbocycles. The summed E-state index contributed by atoms with van der Waals surface area (Å²) in [7, 11) is 0. The van der Waals surface area contributed by atoms with Crippen LogP contribution in [0.25, 0.3) is 10.8 Å². The molecule has 1 aliphatic rings. The van der Waals surface area contributed by atoms with Crippen LogP contribution in [0.2, 0.25) is 0 Å². The molecule has 0 fully saturated rings. The van der Waals surface area contributed by atoms with Crippen LogP contribution in [0.4, 0.5) is 5.69 Å². The fraction of sp³-hybridized carbons (Fsp3) is 0.207. The van der Waals surface area contributed by atoms with Crippen molar-refractivity contribution >= 4 is 34.0 Å². The first-order chi connectivity index (χ1) is 18.0. The van der Waals surface area contributed by atoms with E-state index in [1.54, 1.807) is 17.0 Å². The summed E-state index contributed by atoms with van der Waals surface area (Å²) in [6.07, 6.45) is 1.63. The van der Waals surface area contributed by atoms with Gasteiger partial charge in [0.25, 0.3) is 5.91 Å². The minimum atomic E-state index is -1.11. The normalized spacial score (nSPS) is 15.4. The summed E-state index contributed by atoms with van der Waals surface area (Å²) in [4.78, 5) is 35.5. The number of phenolic OH excluding ortho intramolecular Hbond substituents is 1. The van der Waals surface area contributed by atoms with Crippen molar-refractivity contribution in [3.05, 3.63) is 95.3 Å². The molecule has 2 heterocycles. The number of hydrogen-bond donors (Lipinski definition) is 4. The Morgan fingerprint density at radius 1 is 1.05 bits per heavy atom. The molecular weight excluding hydrogens is 468 g/mol. The van der Waals surface area contributed by atoms with Gasteiger partial charge in [0, 0.05) is 12.1 Å². The number of aromatic hydroxyl groups is 1. The number of nitrogens with zero attached hydrogens (tertiary/aromatic N) is 2. The van der Waals surface area contributed by atoms with Crippen LogP contribution in [-0.4, -0.2) is 51.9 Å². The summed E-state index contributed by atoms with van der Waals surface area (Å²) < 4.78 is 0. The van der Waals surface area contributed by atoms with E-state index in [1.165, 1.54) is 6.07 Å². The first-order valence-electron chi connectivity index (χ1n) is 12.3. The van der Waals surface area contributed by atoms with E-state index >= 15 is 0 Å². The van der Waals surface area contributed by atoms with Gasteiger partial charge < -0.3 is 25.8 Å². The summed E-state index contributed by atoms with van der Waals surface area (Å²) in [5, 5.41) is 21.4. The van der Waals surface area contributed by atoms with Crippen molar-refractivity contribution in [2.45, 2.75) is 25.3 Å². The van der Waals surface area contributed by atoms with Gasteiger partial charge >= 0.3 is 5.97 Å². The molecule has 1 atom stereocenters. The molecule has 1 aliphatic heterocycles. The largest absolute Gasteiger partial charge is 0.508 e. The number of benzene rings is 3. The second-order valence-electron chi connectivity index (χ2n) is 9.11. The van der Waals surface area contributed by atoms with Gasteiger partial charge in [-0.25, -0.2) is 4.79 Å². The third-order valence-electron chi connectivity index (χ3n) is 6.68. The summed E-state index contributed by atoms with van der Waals surface area (Å²) in [5.74, 6) is -1.14. The molecule has 8 heteroatoms. The van der Waals surface area contributed by atoms with Crippen LogP contribution >= 0.6 is 0 Å². The fourth-order valence-corrected chi connectivity index (χ4v) is 4.80. The highest BCUT2D eigenvalue weighted by Gasteiger charge is 2.34. The maximum Gasteiger partial charge on any atom is 0.352 e. The van der Waals surface area contributed by atoms with Crippen LogP contribution in [0.3, 0.4) is 0 Å². The number of carboxylic acids is 1. The smallest absolute Gasteiger partial charge is 0.352 e. The molecule has 0 aliphatic carbocycles. The number of aliphatic imine (C=N–C) groups is 1. The van der Waals surface area contributed by atoms with Gasteiger partial charge in [-0.1, -0.05) is 54.6 Å². The van der Waals surface area contributed by atoms with Gasteiger partial charge in [-0.15, -0.1) is 0 Å². The number of amides is 1. The Hall–Kier alpha value is -4.43. The average molecular weight is 497 g/mol. The van der Waals surface area contributed by atoms with Gasteiger partial charge in [0.05, 0.1) is 17.1 Å². The molecule has 4 aromatic rings. The fourth-order valence-electron chi connectivity index (χ4n) is 4.80. The van der Waals surface area contributed by atoms with Gasteiger partial charge in [0.2, 0.25) is 0 Å². The van der Waals surface area contributed by atoms with Crippen LogP contribution in [0.5, 0.6) is 5.75 Å². The monoisotopic (exact) mass is 496 g/mol. The van der Waals surface area contributed by atoms with Gasteiger partial charge in [-0.05, 0) is 60.3 Å². The first-order valence-corrected chi connectivity index (χ1v) is 12.3. The molecule has 5 rings (SSSR count). The van der Waals surface area contributed by atoms with Crippen molar-refractivity contribution in [1.82, 2.24) is 4.98 Å². The van der Waals surface area contributed by atoms with Gasteiger partial charge in [0.1, 0.15) is 17.5 Å². The quantitative estimate of drug-likeness (QED) is 0.292. The number of phenols is 1. The van der Waals surface area contributed by atoms with Crippen LogP contribution in [0.1, 0.15) is 40.2 Å². The molecule has 8 nitrogen and oxygen atoms in total. The molecule has 188 valence electrons. The van der Waals surface area contributed by atoms with Crippen molar-refractivity contribution in [1.29, 1.82) is 0 Å². The Kier molecular flexibility index (Phi) is 6.74. The second kappa shape index (κ2) is 10.3. The standard InChI is InChI=1S/C29H28N4O4/c30-15-4-9-23-28(35)33(16-14-18-10-12-20(34)13-11-18)25-17-24(29(36)37)32-27(25)26(31-23)22-8-3-6-19-5-1-2-7-21(19)22/h1-3,5-8,10-13,17,23,32,34H,4,9,14-16,30H2,(H,36,37)/t23-/m0/s1. The molecule has 0 bridgehead atoms. The number of carboxylic acid groups (broad SMARTS) is 1. The molecule has 37 heavy (non-hydrogen) atoms. The number of carbonyl (C=O) groups excluding carboxylic acids is 1. The Balaban J connectivity index is 1.65. The molecule has 0 spiro atoms. The maximum atomic E-state index is 13.9. The predicted molar refractivity (Wildman–Crippen MR) is 144 cm³/mol. The van der Waals surface area contributed by atoms with Crippen molar-refractivity contribution < 1.29 is 19.8 Å². The number of hydrogen-bond acceptors (Lipinski definition) is 5. The molecule has 3 aromatic carbocycles. The van der Waals surface area contributed by atoms with E-state index in [4.69, 9.17) is 10.7 Å². The highest BCUT2D eigenvalue weighted by molar-refractivity contribution is 6.24. The Bertz CT molecular complexity index is 1480. The van der Waals surface area contributed by atoms with Gasteiger partial charge in [0.15, 0.2) is 0 Å². The minimum Gasteiger partial charge on any atom is -0.508 e. The van der Waals surface area contributed by atoms with E-state index in [-0.39, 0.29) is 17.4 Å². The molecule has 1 aromatic heterocycles. The number of nitrogens with two attached hydrogens (primary N) is 1. The lowest BCUT2D eigenvalue weighted by molar-refractivity contribution is -0.119. The zero-order chi connectivity index (χ0) is 25.9. The van der Waals surface area contributed by atoms with E-state index in [9.17, 15) is 19.8 Å². The number of H-pyrrole nitrogens is 1. The second-order valence-corrected chi connectivity index (χ2v) is 9.11. The number of anilines is 1. The Labute approximate surface area is 214 Å². The number of rotatable bonds is 8. The Morgan fingerprint density at radius 3 is 2.57 bits per heavy atom. The third kappa shape index (κ3) is 4.83. The summed E-state index contributed by atoms with van der Waals surface area (Å²) >= 11 is 0. The highest BCUT2D eigenvalue weighted by atomic mass is 16.4. The first kappa shape index (κ1) is 24.3.